The number of ketones is 1. The zero-order chi connectivity index (χ0) is 12.3. The summed E-state index contributed by atoms with van der Waals surface area (Å²) >= 11 is 0. The Balaban J connectivity index is 2.98. The van der Waals surface area contributed by atoms with Gasteiger partial charge in [-0.2, -0.15) is 0 Å². The van der Waals surface area contributed by atoms with Crippen LogP contribution in [0, 0.1) is 5.92 Å². The molecule has 0 bridgehead atoms. The first kappa shape index (κ1) is 12.4. The Hall–Kier alpha value is -1.71. The van der Waals surface area contributed by atoms with Crippen LogP contribution in [0.1, 0.15) is 31.1 Å². The van der Waals surface area contributed by atoms with Crippen molar-refractivity contribution in [1.29, 1.82) is 0 Å². The fourth-order valence-corrected chi connectivity index (χ4v) is 1.22. The molecule has 0 unspecified atom stereocenters. The summed E-state index contributed by atoms with van der Waals surface area (Å²) in [5.41, 5.74) is 0.0920. The van der Waals surface area contributed by atoms with Crippen LogP contribution in [-0.2, 0) is 0 Å². The minimum atomic E-state index is -0.422. The number of carbonyl (C=O) groups excluding carboxylic acids is 1. The summed E-state index contributed by atoms with van der Waals surface area (Å²) in [5.74, 6) is -0.601. The van der Waals surface area contributed by atoms with Gasteiger partial charge in [0.25, 0.3) is 0 Å². The van der Waals surface area contributed by atoms with Crippen LogP contribution in [0.4, 0.5) is 0 Å². The maximum atomic E-state index is 11.1. The number of phenolic OH excluding ortho intramolecular Hbond substituents is 2. The third-order valence-electron chi connectivity index (χ3n) is 2.07. The summed E-state index contributed by atoms with van der Waals surface area (Å²) in [5, 5.41) is 19.2. The average Bonchev–Trinajstić information content (AvgIpc) is 2.19. The first-order chi connectivity index (χ1) is 7.43. The van der Waals surface area contributed by atoms with E-state index in [1.807, 2.05) is 13.8 Å². The zero-order valence-corrected chi connectivity index (χ0v) is 9.65. The number of rotatable bonds is 4. The third-order valence-corrected chi connectivity index (χ3v) is 2.07. The summed E-state index contributed by atoms with van der Waals surface area (Å²) in [6.07, 6.45) is 0. The molecule has 0 saturated carbocycles. The van der Waals surface area contributed by atoms with Gasteiger partial charge in [-0.15, -0.1) is 0 Å². The molecule has 0 aliphatic rings. The lowest BCUT2D eigenvalue weighted by Gasteiger charge is -2.12. The highest BCUT2D eigenvalue weighted by Crippen LogP contribution is 2.38. The van der Waals surface area contributed by atoms with Crippen molar-refractivity contribution >= 4 is 5.78 Å². The van der Waals surface area contributed by atoms with Crippen LogP contribution < -0.4 is 4.74 Å². The highest BCUT2D eigenvalue weighted by molar-refractivity contribution is 5.97. The molecule has 2 N–H and O–H groups in total. The van der Waals surface area contributed by atoms with E-state index in [-0.39, 0.29) is 22.8 Å². The monoisotopic (exact) mass is 224 g/mol. The second kappa shape index (κ2) is 4.88. The predicted molar refractivity (Wildman–Crippen MR) is 60.1 cm³/mol. The number of benzene rings is 1. The SMILES string of the molecule is CC(=O)c1ccc(OCC(C)C)c(O)c1O. The zero-order valence-electron chi connectivity index (χ0n) is 9.65. The molecule has 0 aliphatic heterocycles. The number of hydrogen-bond donors (Lipinski definition) is 2. The van der Waals surface area contributed by atoms with Crippen molar-refractivity contribution in [2.24, 2.45) is 5.92 Å². The van der Waals surface area contributed by atoms with Gasteiger partial charge in [0.1, 0.15) is 0 Å². The quantitative estimate of drug-likeness (QED) is 0.608. The van der Waals surface area contributed by atoms with E-state index in [2.05, 4.69) is 0 Å². The largest absolute Gasteiger partial charge is 0.504 e. The Morgan fingerprint density at radius 1 is 1.31 bits per heavy atom. The topological polar surface area (TPSA) is 66.8 Å². The molecule has 1 rings (SSSR count). The van der Waals surface area contributed by atoms with E-state index in [0.29, 0.717) is 12.5 Å². The second-order valence-electron chi connectivity index (χ2n) is 4.07. The molecule has 0 aromatic heterocycles. The van der Waals surface area contributed by atoms with E-state index in [4.69, 9.17) is 4.74 Å². The van der Waals surface area contributed by atoms with Crippen molar-refractivity contribution in [1.82, 2.24) is 0 Å². The standard InChI is InChI=1S/C12H16O4/c1-7(2)6-16-10-5-4-9(8(3)13)11(14)12(10)15/h4-5,7,14-15H,6H2,1-3H3. The molecule has 0 spiro atoms. The van der Waals surface area contributed by atoms with Gasteiger partial charge < -0.3 is 14.9 Å². The van der Waals surface area contributed by atoms with Gasteiger partial charge in [0.05, 0.1) is 12.2 Å². The Bertz CT molecular complexity index is 396. The van der Waals surface area contributed by atoms with Gasteiger partial charge in [-0.25, -0.2) is 0 Å². The lowest BCUT2D eigenvalue weighted by Crippen LogP contribution is -2.05. The van der Waals surface area contributed by atoms with Crippen molar-refractivity contribution < 1.29 is 19.7 Å². The molecule has 4 heteroatoms. The molecular weight excluding hydrogens is 208 g/mol. The van der Waals surface area contributed by atoms with Crippen LogP contribution in [0.5, 0.6) is 17.2 Å². The molecule has 0 saturated heterocycles. The number of aromatic hydroxyl groups is 2. The van der Waals surface area contributed by atoms with E-state index in [1.54, 1.807) is 0 Å². The number of Topliss-reactive ketones (excluding diaryl/α,β-unsaturated/α-hetero) is 1. The third kappa shape index (κ3) is 2.66. The number of hydrogen-bond acceptors (Lipinski definition) is 4. The van der Waals surface area contributed by atoms with Crippen molar-refractivity contribution in [2.75, 3.05) is 6.61 Å². The molecule has 0 heterocycles. The highest BCUT2D eigenvalue weighted by atomic mass is 16.5. The molecule has 0 amide bonds. The number of ether oxygens (including phenoxy) is 1. The molecule has 0 radical (unpaired) electrons. The molecular formula is C12H16O4. The molecule has 0 aliphatic carbocycles. The highest BCUT2D eigenvalue weighted by Gasteiger charge is 2.15. The van der Waals surface area contributed by atoms with Crippen LogP contribution in [0.2, 0.25) is 0 Å². The Morgan fingerprint density at radius 2 is 1.94 bits per heavy atom. The molecule has 0 atom stereocenters. The summed E-state index contributed by atoms with van der Waals surface area (Å²) in [4.78, 5) is 11.1. The van der Waals surface area contributed by atoms with E-state index < -0.39 is 5.75 Å². The molecule has 0 fully saturated rings. The van der Waals surface area contributed by atoms with Crippen LogP contribution in [0.3, 0.4) is 0 Å². The average molecular weight is 224 g/mol. The summed E-state index contributed by atoms with van der Waals surface area (Å²) in [6.45, 7) is 5.71. The second-order valence-corrected chi connectivity index (χ2v) is 4.07. The summed E-state index contributed by atoms with van der Waals surface area (Å²) in [7, 11) is 0. The van der Waals surface area contributed by atoms with Crippen molar-refractivity contribution in [3.05, 3.63) is 17.7 Å². The first-order valence-electron chi connectivity index (χ1n) is 5.12. The van der Waals surface area contributed by atoms with Gasteiger partial charge in [-0.3, -0.25) is 4.79 Å². The first-order valence-corrected chi connectivity index (χ1v) is 5.12. The molecule has 1 aromatic rings. The lowest BCUT2D eigenvalue weighted by atomic mass is 10.1. The minimum absolute atomic E-state index is 0.0920. The van der Waals surface area contributed by atoms with Crippen molar-refractivity contribution in [3.63, 3.8) is 0 Å². The van der Waals surface area contributed by atoms with Gasteiger partial charge in [-0.1, -0.05) is 13.8 Å². The van der Waals surface area contributed by atoms with Gasteiger partial charge in [0.15, 0.2) is 17.3 Å². The van der Waals surface area contributed by atoms with Crippen molar-refractivity contribution in [3.8, 4) is 17.2 Å². The van der Waals surface area contributed by atoms with Gasteiger partial charge in [-0.05, 0) is 25.0 Å². The van der Waals surface area contributed by atoms with Gasteiger partial charge in [0.2, 0.25) is 5.75 Å². The van der Waals surface area contributed by atoms with Crippen LogP contribution in [0.25, 0.3) is 0 Å². The van der Waals surface area contributed by atoms with E-state index >= 15 is 0 Å². The molecule has 88 valence electrons. The van der Waals surface area contributed by atoms with Crippen LogP contribution in [0.15, 0.2) is 12.1 Å². The fraction of sp³-hybridized carbons (Fsp3) is 0.417. The molecule has 4 nitrogen and oxygen atoms in total. The normalized spacial score (nSPS) is 10.5. The van der Waals surface area contributed by atoms with Crippen LogP contribution in [-0.4, -0.2) is 22.6 Å². The maximum absolute atomic E-state index is 11.1. The smallest absolute Gasteiger partial charge is 0.201 e. The number of phenols is 2. The molecule has 16 heavy (non-hydrogen) atoms. The maximum Gasteiger partial charge on any atom is 0.201 e. The predicted octanol–water partition coefficient (Wildman–Crippen LogP) is 2.34. The van der Waals surface area contributed by atoms with Gasteiger partial charge >= 0.3 is 0 Å². The fourth-order valence-electron chi connectivity index (χ4n) is 1.22. The van der Waals surface area contributed by atoms with E-state index in [1.165, 1.54) is 19.1 Å². The molecule has 1 aromatic carbocycles. The summed E-state index contributed by atoms with van der Waals surface area (Å²) in [6, 6.07) is 2.92. The Labute approximate surface area is 94.5 Å². The lowest BCUT2D eigenvalue weighted by molar-refractivity contribution is 0.101. The van der Waals surface area contributed by atoms with E-state index in [9.17, 15) is 15.0 Å². The Morgan fingerprint density at radius 3 is 2.44 bits per heavy atom. The minimum Gasteiger partial charge on any atom is -0.504 e. The van der Waals surface area contributed by atoms with Gasteiger partial charge in [0, 0.05) is 0 Å². The van der Waals surface area contributed by atoms with E-state index in [0.717, 1.165) is 0 Å². The number of carbonyl (C=O) groups is 1. The summed E-state index contributed by atoms with van der Waals surface area (Å²) < 4.78 is 5.29. The van der Waals surface area contributed by atoms with Crippen LogP contribution >= 0.6 is 0 Å². The van der Waals surface area contributed by atoms with Crippen molar-refractivity contribution in [2.45, 2.75) is 20.8 Å². The Kier molecular flexibility index (Phi) is 3.77.